The van der Waals surface area contributed by atoms with Crippen LogP contribution in [0.15, 0.2) is 22.7 Å². The molecule has 0 saturated heterocycles. The van der Waals surface area contributed by atoms with E-state index in [-0.39, 0.29) is 0 Å². The normalized spacial score (nSPS) is 15.3. The zero-order valence-corrected chi connectivity index (χ0v) is 10.1. The topological polar surface area (TPSA) is 69.6 Å². The molecule has 1 aromatic heterocycles. The minimum atomic E-state index is 0.520. The summed E-state index contributed by atoms with van der Waals surface area (Å²) >= 11 is 3.40. The Morgan fingerprint density at radius 2 is 2.19 bits per heavy atom. The van der Waals surface area contributed by atoms with Crippen LogP contribution in [0, 0.1) is 0 Å². The van der Waals surface area contributed by atoms with Crippen molar-refractivity contribution < 1.29 is 0 Å². The number of tetrazole rings is 1. The lowest BCUT2D eigenvalue weighted by atomic mass is 10.3. The SMILES string of the molecule is Nc1ccc(-n2nnnc2C2CC2)cc1Br. The van der Waals surface area contributed by atoms with E-state index in [0.29, 0.717) is 11.6 Å². The van der Waals surface area contributed by atoms with Gasteiger partial charge in [-0.1, -0.05) is 0 Å². The summed E-state index contributed by atoms with van der Waals surface area (Å²) in [4.78, 5) is 0. The van der Waals surface area contributed by atoms with Crippen LogP contribution in [0.3, 0.4) is 0 Å². The molecule has 5 nitrogen and oxygen atoms in total. The van der Waals surface area contributed by atoms with Crippen LogP contribution in [0.4, 0.5) is 5.69 Å². The largest absolute Gasteiger partial charge is 0.398 e. The maximum Gasteiger partial charge on any atom is 0.159 e. The van der Waals surface area contributed by atoms with Crippen molar-refractivity contribution in [3.63, 3.8) is 0 Å². The van der Waals surface area contributed by atoms with Crippen LogP contribution in [0.5, 0.6) is 0 Å². The quantitative estimate of drug-likeness (QED) is 0.853. The second kappa shape index (κ2) is 3.55. The number of nitrogen functional groups attached to an aromatic ring is 1. The van der Waals surface area contributed by atoms with E-state index in [4.69, 9.17) is 5.73 Å². The molecule has 6 heteroatoms. The fourth-order valence-electron chi connectivity index (χ4n) is 1.62. The molecule has 3 rings (SSSR count). The van der Waals surface area contributed by atoms with Crippen LogP contribution in [0.1, 0.15) is 24.6 Å². The number of nitrogens with two attached hydrogens (primary N) is 1. The average Bonchev–Trinajstić information content (AvgIpc) is 3.01. The molecule has 1 saturated carbocycles. The van der Waals surface area contributed by atoms with Gasteiger partial charge in [0.05, 0.1) is 5.69 Å². The zero-order chi connectivity index (χ0) is 11.1. The van der Waals surface area contributed by atoms with E-state index in [0.717, 1.165) is 16.0 Å². The Morgan fingerprint density at radius 1 is 1.38 bits per heavy atom. The molecule has 82 valence electrons. The van der Waals surface area contributed by atoms with Crippen LogP contribution in [-0.4, -0.2) is 20.2 Å². The fourth-order valence-corrected chi connectivity index (χ4v) is 1.99. The van der Waals surface area contributed by atoms with Gasteiger partial charge >= 0.3 is 0 Å². The van der Waals surface area contributed by atoms with Gasteiger partial charge in [0.1, 0.15) is 0 Å². The number of hydrogen-bond acceptors (Lipinski definition) is 4. The van der Waals surface area contributed by atoms with E-state index in [1.807, 2.05) is 18.2 Å². The number of aromatic nitrogens is 4. The van der Waals surface area contributed by atoms with Crippen molar-refractivity contribution in [3.05, 3.63) is 28.5 Å². The summed E-state index contributed by atoms with van der Waals surface area (Å²) in [6.07, 6.45) is 2.35. The summed E-state index contributed by atoms with van der Waals surface area (Å²) in [6.45, 7) is 0. The molecule has 0 radical (unpaired) electrons. The number of anilines is 1. The lowest BCUT2D eigenvalue weighted by Crippen LogP contribution is -2.02. The molecule has 2 N–H and O–H groups in total. The van der Waals surface area contributed by atoms with E-state index in [2.05, 4.69) is 31.5 Å². The fraction of sp³-hybridized carbons (Fsp3) is 0.300. The van der Waals surface area contributed by atoms with Gasteiger partial charge in [-0.3, -0.25) is 0 Å². The highest BCUT2D eigenvalue weighted by Crippen LogP contribution is 2.39. The van der Waals surface area contributed by atoms with Crippen molar-refractivity contribution in [2.24, 2.45) is 0 Å². The molecule has 0 aliphatic heterocycles. The van der Waals surface area contributed by atoms with Gasteiger partial charge in [-0.15, -0.1) is 5.10 Å². The Morgan fingerprint density at radius 3 is 2.88 bits per heavy atom. The van der Waals surface area contributed by atoms with Gasteiger partial charge in [0.15, 0.2) is 5.82 Å². The van der Waals surface area contributed by atoms with Crippen LogP contribution < -0.4 is 5.73 Å². The highest BCUT2D eigenvalue weighted by Gasteiger charge is 2.29. The third kappa shape index (κ3) is 1.59. The van der Waals surface area contributed by atoms with Crippen LogP contribution in [-0.2, 0) is 0 Å². The summed E-state index contributed by atoms with van der Waals surface area (Å²) < 4.78 is 2.64. The van der Waals surface area contributed by atoms with Gasteiger partial charge in [-0.05, 0) is 57.4 Å². The van der Waals surface area contributed by atoms with Gasteiger partial charge < -0.3 is 5.73 Å². The van der Waals surface area contributed by atoms with Gasteiger partial charge in [-0.2, -0.15) is 4.68 Å². The molecule has 16 heavy (non-hydrogen) atoms. The second-order valence-corrected chi connectivity index (χ2v) is 4.78. The first-order valence-electron chi connectivity index (χ1n) is 5.09. The zero-order valence-electron chi connectivity index (χ0n) is 8.47. The minimum Gasteiger partial charge on any atom is -0.398 e. The lowest BCUT2D eigenvalue weighted by Gasteiger charge is -2.05. The molecule has 1 aromatic carbocycles. The van der Waals surface area contributed by atoms with Crippen LogP contribution in [0.25, 0.3) is 5.69 Å². The van der Waals surface area contributed by atoms with E-state index in [1.54, 1.807) is 4.68 Å². The summed E-state index contributed by atoms with van der Waals surface area (Å²) in [5, 5.41) is 11.8. The maximum atomic E-state index is 5.74. The van der Waals surface area contributed by atoms with Crippen LogP contribution >= 0.6 is 15.9 Å². The number of hydrogen-bond donors (Lipinski definition) is 1. The lowest BCUT2D eigenvalue weighted by molar-refractivity contribution is 0.763. The molecule has 1 aliphatic carbocycles. The van der Waals surface area contributed by atoms with Crippen molar-refractivity contribution in [1.29, 1.82) is 0 Å². The van der Waals surface area contributed by atoms with Gasteiger partial charge in [0.25, 0.3) is 0 Å². The predicted molar refractivity (Wildman–Crippen MR) is 63.2 cm³/mol. The third-order valence-corrected chi connectivity index (χ3v) is 3.35. The first kappa shape index (κ1) is 9.77. The average molecular weight is 280 g/mol. The van der Waals surface area contributed by atoms with Gasteiger partial charge in [-0.25, -0.2) is 0 Å². The van der Waals surface area contributed by atoms with Crippen molar-refractivity contribution in [2.75, 3.05) is 5.73 Å². The summed E-state index contributed by atoms with van der Waals surface area (Å²) in [5.41, 5.74) is 7.40. The van der Waals surface area contributed by atoms with Crippen molar-refractivity contribution in [1.82, 2.24) is 20.2 Å². The molecule has 0 bridgehead atoms. The first-order valence-corrected chi connectivity index (χ1v) is 5.88. The smallest absolute Gasteiger partial charge is 0.159 e. The molecule has 0 spiro atoms. The molecule has 1 heterocycles. The van der Waals surface area contributed by atoms with Crippen molar-refractivity contribution >= 4 is 21.6 Å². The highest BCUT2D eigenvalue weighted by atomic mass is 79.9. The Hall–Kier alpha value is -1.43. The molecular formula is C10H10BrN5. The van der Waals surface area contributed by atoms with E-state index in [9.17, 15) is 0 Å². The molecule has 0 unspecified atom stereocenters. The molecule has 1 fully saturated rings. The summed E-state index contributed by atoms with van der Waals surface area (Å²) in [6, 6.07) is 5.69. The predicted octanol–water partition coefficient (Wildman–Crippen LogP) is 1.88. The van der Waals surface area contributed by atoms with E-state index in [1.165, 1.54) is 12.8 Å². The Balaban J connectivity index is 2.07. The minimum absolute atomic E-state index is 0.520. The van der Waals surface area contributed by atoms with Crippen molar-refractivity contribution in [2.45, 2.75) is 18.8 Å². The third-order valence-electron chi connectivity index (χ3n) is 2.66. The standard InChI is InChI=1S/C10H10BrN5/c11-8-5-7(3-4-9(8)12)16-10(6-1-2-6)13-14-15-16/h3-6H,1-2,12H2. The van der Waals surface area contributed by atoms with Crippen LogP contribution in [0.2, 0.25) is 0 Å². The molecular weight excluding hydrogens is 270 g/mol. The Kier molecular flexibility index (Phi) is 2.17. The van der Waals surface area contributed by atoms with Gasteiger partial charge in [0, 0.05) is 16.1 Å². The Labute approximate surface area is 101 Å². The second-order valence-electron chi connectivity index (χ2n) is 3.93. The summed E-state index contributed by atoms with van der Waals surface area (Å²) in [7, 11) is 0. The molecule has 2 aromatic rings. The number of nitrogens with zero attached hydrogens (tertiary/aromatic N) is 4. The maximum absolute atomic E-state index is 5.74. The molecule has 0 amide bonds. The number of rotatable bonds is 2. The van der Waals surface area contributed by atoms with E-state index < -0.39 is 0 Å². The van der Waals surface area contributed by atoms with Gasteiger partial charge in [0.2, 0.25) is 0 Å². The number of benzene rings is 1. The summed E-state index contributed by atoms with van der Waals surface area (Å²) in [5.74, 6) is 1.46. The highest BCUT2D eigenvalue weighted by molar-refractivity contribution is 9.10. The molecule has 1 aliphatic rings. The number of halogens is 1. The Bertz CT molecular complexity index is 532. The van der Waals surface area contributed by atoms with E-state index >= 15 is 0 Å². The first-order chi connectivity index (χ1) is 7.75. The molecule has 0 atom stereocenters. The monoisotopic (exact) mass is 279 g/mol. The van der Waals surface area contributed by atoms with Crippen molar-refractivity contribution in [3.8, 4) is 5.69 Å².